The van der Waals surface area contributed by atoms with Gasteiger partial charge in [0, 0.05) is 29.9 Å². The van der Waals surface area contributed by atoms with Crippen LogP contribution >= 0.6 is 11.8 Å². The zero-order valence-corrected chi connectivity index (χ0v) is 24.2. The maximum Gasteiger partial charge on any atom is 0.408 e. The van der Waals surface area contributed by atoms with E-state index in [1.165, 1.54) is 11.1 Å². The normalized spacial score (nSPS) is 19.8. The summed E-state index contributed by atoms with van der Waals surface area (Å²) in [6.07, 6.45) is 0.204. The Morgan fingerprint density at radius 3 is 1.76 bits per heavy atom. The number of hydrogen-bond donors (Lipinski definition) is 1. The van der Waals surface area contributed by atoms with Crippen LogP contribution in [0.3, 0.4) is 0 Å². The van der Waals surface area contributed by atoms with Crippen LogP contribution < -0.4 is 5.32 Å². The molecule has 6 nitrogen and oxygen atoms in total. The van der Waals surface area contributed by atoms with Crippen LogP contribution in [-0.4, -0.2) is 46.6 Å². The van der Waals surface area contributed by atoms with E-state index in [0.29, 0.717) is 24.3 Å². The third-order valence-electron chi connectivity index (χ3n) is 6.19. The van der Waals surface area contributed by atoms with E-state index in [1.807, 2.05) is 36.4 Å². The van der Waals surface area contributed by atoms with E-state index >= 15 is 0 Å². The molecule has 0 saturated heterocycles. The van der Waals surface area contributed by atoms with E-state index < -0.39 is 29.3 Å². The van der Waals surface area contributed by atoms with Crippen molar-refractivity contribution in [3.63, 3.8) is 0 Å². The van der Waals surface area contributed by atoms with E-state index in [0.717, 1.165) is 0 Å². The highest BCUT2D eigenvalue weighted by Crippen LogP contribution is 2.61. The quantitative estimate of drug-likeness (QED) is 0.259. The Morgan fingerprint density at radius 1 is 0.789 bits per heavy atom. The van der Waals surface area contributed by atoms with Gasteiger partial charge in [-0.3, -0.25) is 4.79 Å². The lowest BCUT2D eigenvalue weighted by atomic mass is 10.0. The lowest BCUT2D eigenvalue weighted by molar-refractivity contribution is -0.157. The van der Waals surface area contributed by atoms with Gasteiger partial charge in [-0.05, 0) is 64.8 Å². The molecule has 1 unspecified atom stereocenters. The van der Waals surface area contributed by atoms with Crippen molar-refractivity contribution in [2.75, 3.05) is 11.5 Å². The van der Waals surface area contributed by atoms with Gasteiger partial charge in [0.1, 0.15) is 23.0 Å². The highest BCUT2D eigenvalue weighted by molar-refractivity contribution is 7.99. The minimum atomic E-state index is -0.819. The molecule has 1 fully saturated rings. The molecule has 206 valence electrons. The highest BCUT2D eigenvalue weighted by atomic mass is 32.2. The first-order chi connectivity index (χ1) is 17.9. The van der Waals surface area contributed by atoms with E-state index in [-0.39, 0.29) is 23.5 Å². The molecule has 0 heterocycles. The third kappa shape index (κ3) is 9.19. The first-order valence-corrected chi connectivity index (χ1v) is 14.4. The number of hydrogen-bond acceptors (Lipinski definition) is 6. The van der Waals surface area contributed by atoms with Gasteiger partial charge < -0.3 is 14.8 Å². The molecule has 2 aromatic carbocycles. The van der Waals surface area contributed by atoms with Gasteiger partial charge in [-0.25, -0.2) is 9.59 Å². The Morgan fingerprint density at radius 2 is 1.29 bits per heavy atom. The predicted molar refractivity (Wildman–Crippen MR) is 152 cm³/mol. The van der Waals surface area contributed by atoms with Crippen LogP contribution in [0.4, 0.5) is 4.79 Å². The first-order valence-electron chi connectivity index (χ1n) is 13.3. The zero-order valence-electron chi connectivity index (χ0n) is 23.4. The molecule has 0 radical (unpaired) electrons. The molecule has 7 heteroatoms. The van der Waals surface area contributed by atoms with Crippen LogP contribution in [0.15, 0.2) is 60.7 Å². The lowest BCUT2D eigenvalue weighted by Gasteiger charge is -2.26. The molecule has 1 aliphatic rings. The van der Waals surface area contributed by atoms with Crippen LogP contribution in [0.2, 0.25) is 0 Å². The van der Waals surface area contributed by atoms with Crippen LogP contribution in [0, 0.1) is 5.92 Å². The van der Waals surface area contributed by atoms with Gasteiger partial charge in [0.25, 0.3) is 0 Å². The Balaban J connectivity index is 1.53. The second kappa shape index (κ2) is 12.8. The van der Waals surface area contributed by atoms with E-state index in [4.69, 9.17) is 9.47 Å². The van der Waals surface area contributed by atoms with Crippen LogP contribution in [0.5, 0.6) is 0 Å². The van der Waals surface area contributed by atoms with Crippen molar-refractivity contribution in [1.82, 2.24) is 5.32 Å². The highest BCUT2D eigenvalue weighted by Gasteiger charge is 2.55. The molecular weight excluding hydrogens is 498 g/mol. The minimum absolute atomic E-state index is 0.0104. The summed E-state index contributed by atoms with van der Waals surface area (Å²) < 4.78 is 10.8. The molecule has 0 aromatic heterocycles. The zero-order chi connectivity index (χ0) is 27.9. The Bertz CT molecular complexity index is 1030. The van der Waals surface area contributed by atoms with Crippen molar-refractivity contribution in [3.05, 3.63) is 71.8 Å². The molecular formula is C31H41NO5S. The van der Waals surface area contributed by atoms with Crippen molar-refractivity contribution in [3.8, 4) is 0 Å². The standard InChI is InChI=1S/C31H41NO5S/c1-30(2,3)36-28(34)23(32-29(35)37-31(4,5)6)17-19-38-20-18-24(33)27-25(21-13-9-7-10-14-21)26(27)22-15-11-8-12-16-22/h7-16,23,25-27H,17-20H2,1-6H3,(H,32,35)/t23-,25-,26+,27?/m0/s1. The fourth-order valence-corrected chi connectivity index (χ4v) is 5.56. The van der Waals surface area contributed by atoms with E-state index in [1.54, 1.807) is 53.3 Å². The van der Waals surface area contributed by atoms with Crippen molar-refractivity contribution < 1.29 is 23.9 Å². The molecule has 3 rings (SSSR count). The van der Waals surface area contributed by atoms with E-state index in [9.17, 15) is 14.4 Å². The van der Waals surface area contributed by atoms with Crippen LogP contribution in [-0.2, 0) is 19.1 Å². The Hall–Kier alpha value is -2.80. The first kappa shape index (κ1) is 29.8. The molecule has 0 spiro atoms. The summed E-state index contributed by atoms with van der Waals surface area (Å²) in [5.74, 6) is 1.46. The fraction of sp³-hybridized carbons (Fsp3) is 0.516. The lowest BCUT2D eigenvalue weighted by Crippen LogP contribution is -2.46. The summed E-state index contributed by atoms with van der Waals surface area (Å²) in [5.41, 5.74) is 1.08. The van der Waals surface area contributed by atoms with Gasteiger partial charge in [-0.2, -0.15) is 11.8 Å². The van der Waals surface area contributed by atoms with Crippen molar-refractivity contribution in [2.24, 2.45) is 5.92 Å². The van der Waals surface area contributed by atoms with Crippen molar-refractivity contribution in [2.45, 2.75) is 83.5 Å². The second-order valence-electron chi connectivity index (χ2n) is 11.7. The number of amides is 1. The van der Waals surface area contributed by atoms with Crippen molar-refractivity contribution >= 4 is 29.6 Å². The summed E-state index contributed by atoms with van der Waals surface area (Å²) >= 11 is 1.60. The number of nitrogens with one attached hydrogen (secondary N) is 1. The van der Waals surface area contributed by atoms with Gasteiger partial charge in [0.05, 0.1) is 0 Å². The van der Waals surface area contributed by atoms with Crippen LogP contribution in [0.1, 0.15) is 77.3 Å². The molecule has 4 atom stereocenters. The number of thioether (sulfide) groups is 1. The number of alkyl carbamates (subject to hydrolysis) is 1. The smallest absolute Gasteiger partial charge is 0.408 e. The van der Waals surface area contributed by atoms with Crippen LogP contribution in [0.25, 0.3) is 0 Å². The number of ether oxygens (including phenoxy) is 2. The minimum Gasteiger partial charge on any atom is -0.458 e. The molecule has 38 heavy (non-hydrogen) atoms. The monoisotopic (exact) mass is 539 g/mol. The molecule has 0 bridgehead atoms. The molecule has 1 aliphatic carbocycles. The number of carbonyl (C=O) groups excluding carboxylic acids is 3. The van der Waals surface area contributed by atoms with Crippen molar-refractivity contribution in [1.29, 1.82) is 0 Å². The average Bonchev–Trinajstić information content (AvgIpc) is 3.58. The van der Waals surface area contributed by atoms with Gasteiger partial charge >= 0.3 is 12.1 Å². The number of ketones is 1. The molecule has 1 N–H and O–H groups in total. The average molecular weight is 540 g/mol. The third-order valence-corrected chi connectivity index (χ3v) is 7.20. The maximum absolute atomic E-state index is 13.3. The Kier molecular flexibility index (Phi) is 10.0. The SMILES string of the molecule is CC(C)(C)OC(=O)N[C@@H](CCSCCC(=O)C1[C@@H](c2ccccc2)[C@H]1c1ccccc1)C(=O)OC(C)(C)C. The molecule has 0 aliphatic heterocycles. The summed E-state index contributed by atoms with van der Waals surface area (Å²) in [6.45, 7) is 10.7. The van der Waals surface area contributed by atoms with Gasteiger partial charge in [0.15, 0.2) is 0 Å². The predicted octanol–water partition coefficient (Wildman–Crippen LogP) is 6.50. The van der Waals surface area contributed by atoms with E-state index in [2.05, 4.69) is 29.6 Å². The number of carbonyl (C=O) groups is 3. The van der Waals surface area contributed by atoms with Gasteiger partial charge in [0.2, 0.25) is 0 Å². The summed E-state index contributed by atoms with van der Waals surface area (Å²) in [5, 5.41) is 2.66. The number of Topliss-reactive ketones (excluding diaryl/α,β-unsaturated/α-hetero) is 1. The largest absolute Gasteiger partial charge is 0.458 e. The number of rotatable bonds is 11. The fourth-order valence-electron chi connectivity index (χ4n) is 4.61. The Labute approximate surface area is 231 Å². The maximum atomic E-state index is 13.3. The molecule has 1 amide bonds. The molecule has 2 aromatic rings. The topological polar surface area (TPSA) is 81.7 Å². The summed E-state index contributed by atoms with van der Waals surface area (Å²) in [6, 6.07) is 19.7. The van der Waals surface area contributed by atoms with Gasteiger partial charge in [-0.1, -0.05) is 60.7 Å². The van der Waals surface area contributed by atoms with Gasteiger partial charge in [-0.15, -0.1) is 0 Å². The number of benzene rings is 2. The summed E-state index contributed by atoms with van der Waals surface area (Å²) in [7, 11) is 0. The number of esters is 1. The second-order valence-corrected chi connectivity index (χ2v) is 13.0. The molecule has 1 saturated carbocycles. The summed E-state index contributed by atoms with van der Waals surface area (Å²) in [4.78, 5) is 38.3.